The summed E-state index contributed by atoms with van der Waals surface area (Å²) < 4.78 is 0. The highest BCUT2D eigenvalue weighted by Crippen LogP contribution is 2.26. The molecule has 0 amide bonds. The first kappa shape index (κ1) is 13.5. The van der Waals surface area contributed by atoms with Crippen LogP contribution in [0.15, 0.2) is 24.5 Å². The van der Waals surface area contributed by atoms with Crippen molar-refractivity contribution in [1.82, 2.24) is 15.2 Å². The maximum atomic E-state index is 4.14. The van der Waals surface area contributed by atoms with Crippen LogP contribution < -0.4 is 5.32 Å². The van der Waals surface area contributed by atoms with Gasteiger partial charge in [-0.1, -0.05) is 19.8 Å². The second kappa shape index (κ2) is 7.49. The predicted octanol–water partition coefficient (Wildman–Crippen LogP) is 2.61. The van der Waals surface area contributed by atoms with E-state index in [1.54, 1.807) is 0 Å². The van der Waals surface area contributed by atoms with E-state index >= 15 is 0 Å². The van der Waals surface area contributed by atoms with Gasteiger partial charge in [0.1, 0.15) is 0 Å². The van der Waals surface area contributed by atoms with Crippen LogP contribution in [0.3, 0.4) is 0 Å². The molecule has 1 aromatic heterocycles. The average molecular weight is 247 g/mol. The summed E-state index contributed by atoms with van der Waals surface area (Å²) in [5.74, 6) is 0. The van der Waals surface area contributed by atoms with Gasteiger partial charge in [-0.3, -0.25) is 9.88 Å². The molecule has 1 saturated heterocycles. The summed E-state index contributed by atoms with van der Waals surface area (Å²) in [6.45, 7) is 6.93. The molecule has 1 aliphatic rings. The number of pyridine rings is 1. The summed E-state index contributed by atoms with van der Waals surface area (Å²) in [5, 5.41) is 3.49. The number of unbranched alkanes of at least 4 members (excludes halogenated alkanes) is 1. The van der Waals surface area contributed by atoms with Crippen LogP contribution in [0.25, 0.3) is 0 Å². The number of rotatable bonds is 5. The Morgan fingerprint density at radius 3 is 2.89 bits per heavy atom. The second-order valence-corrected chi connectivity index (χ2v) is 5.08. The third-order valence-electron chi connectivity index (χ3n) is 3.74. The van der Waals surface area contributed by atoms with Crippen molar-refractivity contribution >= 4 is 0 Å². The molecular weight excluding hydrogens is 222 g/mol. The van der Waals surface area contributed by atoms with Gasteiger partial charge in [0.25, 0.3) is 0 Å². The molecule has 0 bridgehead atoms. The Kier molecular flexibility index (Phi) is 5.62. The molecule has 0 spiro atoms. The molecular formula is C15H25N3. The van der Waals surface area contributed by atoms with E-state index in [2.05, 4.69) is 34.3 Å². The normalized spacial score (nSPS) is 19.4. The fourth-order valence-electron chi connectivity index (χ4n) is 2.72. The highest BCUT2D eigenvalue weighted by Gasteiger charge is 2.20. The van der Waals surface area contributed by atoms with Crippen molar-refractivity contribution in [2.45, 2.75) is 38.6 Å². The van der Waals surface area contributed by atoms with Crippen LogP contribution in [0.2, 0.25) is 0 Å². The summed E-state index contributed by atoms with van der Waals surface area (Å²) in [6, 6.07) is 4.94. The van der Waals surface area contributed by atoms with E-state index < -0.39 is 0 Å². The Bertz CT molecular complexity index is 318. The number of nitrogens with zero attached hydrogens (tertiary/aromatic N) is 2. The molecule has 1 aliphatic heterocycles. The van der Waals surface area contributed by atoms with E-state index in [1.807, 2.05) is 12.4 Å². The zero-order valence-electron chi connectivity index (χ0n) is 11.4. The van der Waals surface area contributed by atoms with Crippen LogP contribution in [0, 0.1) is 0 Å². The highest BCUT2D eigenvalue weighted by molar-refractivity contribution is 5.15. The van der Waals surface area contributed by atoms with Crippen molar-refractivity contribution in [1.29, 1.82) is 0 Å². The van der Waals surface area contributed by atoms with E-state index in [4.69, 9.17) is 0 Å². The van der Waals surface area contributed by atoms with Gasteiger partial charge in [-0.15, -0.1) is 0 Å². The number of hydrogen-bond acceptors (Lipinski definition) is 3. The van der Waals surface area contributed by atoms with Crippen molar-refractivity contribution in [2.24, 2.45) is 0 Å². The zero-order chi connectivity index (χ0) is 12.6. The molecule has 1 aromatic rings. The molecule has 1 unspecified atom stereocenters. The summed E-state index contributed by atoms with van der Waals surface area (Å²) in [7, 11) is 0. The van der Waals surface area contributed by atoms with Gasteiger partial charge in [0.2, 0.25) is 0 Å². The maximum absolute atomic E-state index is 4.14. The smallest absolute Gasteiger partial charge is 0.0349 e. The van der Waals surface area contributed by atoms with Crippen molar-refractivity contribution in [3.8, 4) is 0 Å². The molecule has 2 rings (SSSR count). The Hall–Kier alpha value is -0.930. The van der Waals surface area contributed by atoms with Crippen LogP contribution in [0.4, 0.5) is 0 Å². The molecule has 1 N–H and O–H groups in total. The monoisotopic (exact) mass is 247 g/mol. The van der Waals surface area contributed by atoms with Gasteiger partial charge in [0, 0.05) is 38.1 Å². The van der Waals surface area contributed by atoms with Gasteiger partial charge in [-0.2, -0.15) is 0 Å². The molecule has 100 valence electrons. The van der Waals surface area contributed by atoms with Crippen molar-refractivity contribution in [3.05, 3.63) is 30.1 Å². The first-order valence-electron chi connectivity index (χ1n) is 7.26. The minimum absolute atomic E-state index is 0.577. The fourth-order valence-corrected chi connectivity index (χ4v) is 2.72. The van der Waals surface area contributed by atoms with E-state index in [1.165, 1.54) is 37.8 Å². The fraction of sp³-hybridized carbons (Fsp3) is 0.667. The van der Waals surface area contributed by atoms with E-state index in [0.29, 0.717) is 6.04 Å². The Morgan fingerprint density at radius 1 is 1.28 bits per heavy atom. The zero-order valence-corrected chi connectivity index (χ0v) is 11.4. The Labute approximate surface area is 111 Å². The molecule has 1 atom stereocenters. The van der Waals surface area contributed by atoms with E-state index in [-0.39, 0.29) is 0 Å². The lowest BCUT2D eigenvalue weighted by Gasteiger charge is -2.30. The lowest BCUT2D eigenvalue weighted by atomic mass is 10.0. The standard InChI is InChI=1S/C15H25N3/c1-2-3-5-15(14-6-9-17-10-7-14)18-12-4-8-16-11-13-18/h6-7,9-10,15-16H,2-5,8,11-13H2,1H3. The topological polar surface area (TPSA) is 28.2 Å². The molecule has 3 nitrogen and oxygen atoms in total. The third kappa shape index (κ3) is 3.79. The molecule has 1 fully saturated rings. The van der Waals surface area contributed by atoms with Gasteiger partial charge in [-0.05, 0) is 37.1 Å². The van der Waals surface area contributed by atoms with E-state index in [9.17, 15) is 0 Å². The Balaban J connectivity index is 2.08. The summed E-state index contributed by atoms with van der Waals surface area (Å²) in [5.41, 5.74) is 1.43. The quantitative estimate of drug-likeness (QED) is 0.867. The molecule has 0 saturated carbocycles. The van der Waals surface area contributed by atoms with Gasteiger partial charge in [0.05, 0.1) is 0 Å². The molecule has 18 heavy (non-hydrogen) atoms. The third-order valence-corrected chi connectivity index (χ3v) is 3.74. The summed E-state index contributed by atoms with van der Waals surface area (Å²) >= 11 is 0. The van der Waals surface area contributed by atoms with Crippen LogP contribution in [0.1, 0.15) is 44.2 Å². The minimum Gasteiger partial charge on any atom is -0.315 e. The Morgan fingerprint density at radius 2 is 2.11 bits per heavy atom. The predicted molar refractivity (Wildman–Crippen MR) is 75.6 cm³/mol. The molecule has 3 heteroatoms. The van der Waals surface area contributed by atoms with Gasteiger partial charge in [-0.25, -0.2) is 0 Å². The van der Waals surface area contributed by atoms with Gasteiger partial charge >= 0.3 is 0 Å². The maximum Gasteiger partial charge on any atom is 0.0349 e. The van der Waals surface area contributed by atoms with Crippen molar-refractivity contribution in [2.75, 3.05) is 26.2 Å². The average Bonchev–Trinajstić information content (AvgIpc) is 2.70. The largest absolute Gasteiger partial charge is 0.315 e. The number of aromatic nitrogens is 1. The summed E-state index contributed by atoms with van der Waals surface area (Å²) in [6.07, 6.45) is 8.94. The van der Waals surface area contributed by atoms with Crippen molar-refractivity contribution in [3.63, 3.8) is 0 Å². The SMILES string of the molecule is CCCCC(c1ccncc1)N1CCCNCC1. The lowest BCUT2D eigenvalue weighted by Crippen LogP contribution is -2.32. The summed E-state index contributed by atoms with van der Waals surface area (Å²) in [4.78, 5) is 6.78. The lowest BCUT2D eigenvalue weighted by molar-refractivity contribution is 0.197. The minimum atomic E-state index is 0.577. The molecule has 0 aromatic carbocycles. The van der Waals surface area contributed by atoms with E-state index in [0.717, 1.165) is 19.6 Å². The number of nitrogens with one attached hydrogen (secondary N) is 1. The van der Waals surface area contributed by atoms with Gasteiger partial charge < -0.3 is 5.32 Å². The first-order valence-corrected chi connectivity index (χ1v) is 7.26. The molecule has 2 heterocycles. The highest BCUT2D eigenvalue weighted by atomic mass is 15.2. The van der Waals surface area contributed by atoms with Crippen LogP contribution in [-0.4, -0.2) is 36.1 Å². The van der Waals surface area contributed by atoms with Crippen LogP contribution in [-0.2, 0) is 0 Å². The van der Waals surface area contributed by atoms with Crippen molar-refractivity contribution < 1.29 is 0 Å². The van der Waals surface area contributed by atoms with Crippen LogP contribution >= 0.6 is 0 Å². The van der Waals surface area contributed by atoms with Crippen LogP contribution in [0.5, 0.6) is 0 Å². The second-order valence-electron chi connectivity index (χ2n) is 5.08. The first-order chi connectivity index (χ1) is 8.92. The molecule has 0 aliphatic carbocycles. The molecule has 0 radical (unpaired) electrons. The van der Waals surface area contributed by atoms with Gasteiger partial charge in [0.15, 0.2) is 0 Å². The number of hydrogen-bond donors (Lipinski definition) is 1.